The van der Waals surface area contributed by atoms with Gasteiger partial charge < -0.3 is 15.4 Å². The quantitative estimate of drug-likeness (QED) is 0.105. The molecule has 0 saturated carbocycles. The van der Waals surface area contributed by atoms with Gasteiger partial charge in [0.1, 0.15) is 12.0 Å². The number of rotatable bonds is 9. The molecule has 1 heterocycles. The summed E-state index contributed by atoms with van der Waals surface area (Å²) in [5.41, 5.74) is 13.6. The van der Waals surface area contributed by atoms with Crippen molar-refractivity contribution < 1.29 is 27.3 Å². The highest BCUT2D eigenvalue weighted by molar-refractivity contribution is 7.85. The molecule has 0 atom stereocenters. The van der Waals surface area contributed by atoms with Gasteiger partial charge in [0.25, 0.3) is 10.1 Å². The number of anilines is 1. The van der Waals surface area contributed by atoms with Crippen LogP contribution in [0.15, 0.2) is 103 Å². The van der Waals surface area contributed by atoms with E-state index < -0.39 is 10.1 Å². The number of hydrogen-bond donors (Lipinski definition) is 3. The predicted molar refractivity (Wildman–Crippen MR) is 206 cm³/mol. The number of nitrogens with one attached hydrogen (secondary N) is 2. The zero-order chi connectivity index (χ0) is 37.0. The first-order chi connectivity index (χ1) is 24.3. The van der Waals surface area contributed by atoms with Crippen LogP contribution in [-0.2, 0) is 27.8 Å². The maximum Gasteiger partial charge on any atom is 0.266 e. The van der Waals surface area contributed by atoms with Crippen LogP contribution in [0.25, 0.3) is 22.3 Å². The molecular weight excluding hydrogens is 661 g/mol. The minimum absolute atomic E-state index is 0.0159. The van der Waals surface area contributed by atoms with Crippen molar-refractivity contribution in [2.45, 2.75) is 40.5 Å². The zero-order valence-electron chi connectivity index (χ0n) is 29.8. The van der Waals surface area contributed by atoms with Crippen molar-refractivity contribution in [3.63, 3.8) is 0 Å². The highest BCUT2D eigenvalue weighted by Gasteiger charge is 2.13. The van der Waals surface area contributed by atoms with Gasteiger partial charge in [-0.3, -0.25) is 14.1 Å². The molecule has 6 rings (SSSR count). The second-order valence-corrected chi connectivity index (χ2v) is 14.2. The molecule has 266 valence electrons. The van der Waals surface area contributed by atoms with E-state index in [4.69, 9.17) is 9.29 Å². The number of amides is 1. The van der Waals surface area contributed by atoms with E-state index in [-0.39, 0.29) is 11.7 Å². The van der Waals surface area contributed by atoms with E-state index in [2.05, 4.69) is 79.9 Å². The predicted octanol–water partition coefficient (Wildman–Crippen LogP) is 7.96. The van der Waals surface area contributed by atoms with Crippen molar-refractivity contribution >= 4 is 28.0 Å². The molecule has 0 unspecified atom stereocenters. The first-order valence-corrected chi connectivity index (χ1v) is 18.4. The van der Waals surface area contributed by atoms with Crippen molar-refractivity contribution in [3.8, 4) is 28.0 Å². The lowest BCUT2D eigenvalue weighted by atomic mass is 9.94. The minimum atomic E-state index is -3.75. The van der Waals surface area contributed by atoms with Gasteiger partial charge in [-0.1, -0.05) is 90.0 Å². The summed E-state index contributed by atoms with van der Waals surface area (Å²) in [6.07, 6.45) is 2.16. The molecule has 0 radical (unpaired) electrons. The third kappa shape index (κ3) is 12.0. The Morgan fingerprint density at radius 2 is 1.39 bits per heavy atom. The number of aldehydes is 1. The van der Waals surface area contributed by atoms with Crippen LogP contribution < -0.4 is 15.4 Å². The Morgan fingerprint density at radius 3 is 1.96 bits per heavy atom. The Hall–Kier alpha value is -5.09. The molecule has 0 bridgehead atoms. The molecular formula is C42H46N2O6S. The van der Waals surface area contributed by atoms with Crippen LogP contribution in [0.1, 0.15) is 43.7 Å². The van der Waals surface area contributed by atoms with Crippen LogP contribution in [0.3, 0.4) is 0 Å². The first-order valence-electron chi connectivity index (χ1n) is 16.8. The summed E-state index contributed by atoms with van der Waals surface area (Å²) in [5.74, 6) is 0.760. The monoisotopic (exact) mass is 706 g/mol. The van der Waals surface area contributed by atoms with E-state index in [1.165, 1.54) is 44.5 Å². The smallest absolute Gasteiger partial charge is 0.266 e. The lowest BCUT2D eigenvalue weighted by Gasteiger charge is -2.13. The van der Waals surface area contributed by atoms with Gasteiger partial charge in [-0.2, -0.15) is 8.42 Å². The largest absolute Gasteiger partial charge is 0.493 e. The minimum Gasteiger partial charge on any atom is -0.493 e. The molecule has 3 N–H and O–H groups in total. The highest BCUT2D eigenvalue weighted by atomic mass is 32.2. The summed E-state index contributed by atoms with van der Waals surface area (Å²) in [7, 11) is -2.13. The summed E-state index contributed by atoms with van der Waals surface area (Å²) in [5, 5.41) is 5.61. The Kier molecular flexibility index (Phi) is 13.8. The molecule has 0 fully saturated rings. The fourth-order valence-corrected chi connectivity index (χ4v) is 6.27. The molecule has 0 aliphatic carbocycles. The normalized spacial score (nSPS) is 11.6. The van der Waals surface area contributed by atoms with Crippen LogP contribution >= 0.6 is 0 Å². The van der Waals surface area contributed by atoms with E-state index in [0.717, 1.165) is 47.4 Å². The maximum absolute atomic E-state index is 12.6. The highest BCUT2D eigenvalue weighted by Crippen LogP contribution is 2.31. The van der Waals surface area contributed by atoms with Gasteiger partial charge in [-0.05, 0) is 104 Å². The van der Waals surface area contributed by atoms with E-state index >= 15 is 0 Å². The lowest BCUT2D eigenvalue weighted by molar-refractivity contribution is -0.115. The molecule has 5 aromatic carbocycles. The second-order valence-electron chi connectivity index (χ2n) is 12.6. The lowest BCUT2D eigenvalue weighted by Crippen LogP contribution is -2.18. The molecule has 1 aliphatic heterocycles. The molecule has 0 spiro atoms. The van der Waals surface area contributed by atoms with Crippen LogP contribution in [0, 0.1) is 27.7 Å². The average molecular weight is 707 g/mol. The van der Waals surface area contributed by atoms with Gasteiger partial charge in [0, 0.05) is 24.2 Å². The van der Waals surface area contributed by atoms with Gasteiger partial charge in [-0.25, -0.2) is 0 Å². The molecule has 0 aromatic heterocycles. The van der Waals surface area contributed by atoms with Gasteiger partial charge in [0.2, 0.25) is 5.91 Å². The molecule has 8 nitrogen and oxygen atoms in total. The van der Waals surface area contributed by atoms with E-state index in [1.807, 2.05) is 61.5 Å². The molecule has 1 amide bonds. The van der Waals surface area contributed by atoms with Crippen molar-refractivity contribution in [3.05, 3.63) is 142 Å². The SMILES string of the molecule is CNCCS(=O)(=O)O.Cc1cc(C)c(-c2ccc(NC(=O)Cc3ccc(-c4ccc5c(c4)CCO5)cc3)cc2)c(C)c1.Cc1ccc(C=O)cc1. The summed E-state index contributed by atoms with van der Waals surface area (Å²) in [4.78, 5) is 22.8. The summed E-state index contributed by atoms with van der Waals surface area (Å²) in [6.45, 7) is 9.47. The number of carbonyl (C=O) groups is 2. The second kappa shape index (κ2) is 18.2. The van der Waals surface area contributed by atoms with Gasteiger partial charge in [-0.15, -0.1) is 0 Å². The Balaban J connectivity index is 0.000000282. The number of carbonyl (C=O) groups excluding carboxylic acids is 2. The van der Waals surface area contributed by atoms with Gasteiger partial charge >= 0.3 is 0 Å². The number of aryl methyl sites for hydroxylation is 4. The number of fused-ring (bicyclic) bond motifs is 1. The van der Waals surface area contributed by atoms with Crippen LogP contribution in [0.4, 0.5) is 5.69 Å². The maximum atomic E-state index is 12.6. The molecule has 51 heavy (non-hydrogen) atoms. The first kappa shape index (κ1) is 38.7. The average Bonchev–Trinajstić information content (AvgIpc) is 3.57. The Labute approximate surface area is 301 Å². The zero-order valence-corrected chi connectivity index (χ0v) is 30.6. The van der Waals surface area contributed by atoms with Crippen LogP contribution in [-0.4, -0.2) is 51.1 Å². The molecule has 9 heteroatoms. The fourth-order valence-electron chi connectivity index (χ4n) is 5.80. The third-order valence-corrected chi connectivity index (χ3v) is 9.02. The van der Waals surface area contributed by atoms with Gasteiger partial charge in [0.15, 0.2) is 0 Å². The standard InChI is InChI=1S/C31H29NO2.C8H8O.C3H9NO3S/c1-20-16-21(2)31(22(3)17-20)25-8-11-28(12-9-25)32-30(33)18-23-4-6-24(7-5-23)26-10-13-29-27(19-26)14-15-34-29;1-7-2-4-8(6-9)5-3-7;1-4-2-3-8(5,6)7/h4-13,16-17,19H,14-15,18H2,1-3H3,(H,32,33);2-6H,1H3;4H,2-3H2,1H3,(H,5,6,7). The summed E-state index contributed by atoms with van der Waals surface area (Å²) < 4.78 is 33.5. The van der Waals surface area contributed by atoms with E-state index in [1.54, 1.807) is 7.05 Å². The Morgan fingerprint density at radius 1 is 0.784 bits per heavy atom. The van der Waals surface area contributed by atoms with Gasteiger partial charge in [0.05, 0.1) is 18.8 Å². The molecule has 1 aliphatic rings. The number of benzene rings is 5. The fraction of sp³-hybridized carbons (Fsp3) is 0.238. The van der Waals surface area contributed by atoms with Crippen molar-refractivity contribution in [2.75, 3.05) is 31.3 Å². The van der Waals surface area contributed by atoms with E-state index in [0.29, 0.717) is 13.0 Å². The third-order valence-electron chi connectivity index (χ3n) is 8.30. The topological polar surface area (TPSA) is 122 Å². The molecule has 5 aromatic rings. The molecule has 0 saturated heterocycles. The van der Waals surface area contributed by atoms with Crippen molar-refractivity contribution in [1.82, 2.24) is 5.32 Å². The van der Waals surface area contributed by atoms with E-state index in [9.17, 15) is 18.0 Å². The number of ether oxygens (including phenoxy) is 1. The van der Waals surface area contributed by atoms with Crippen LogP contribution in [0.5, 0.6) is 5.75 Å². The summed E-state index contributed by atoms with van der Waals surface area (Å²) in [6, 6.07) is 34.6. The van der Waals surface area contributed by atoms with Crippen molar-refractivity contribution in [1.29, 1.82) is 0 Å². The summed E-state index contributed by atoms with van der Waals surface area (Å²) >= 11 is 0. The van der Waals surface area contributed by atoms with Crippen LogP contribution in [0.2, 0.25) is 0 Å². The Bertz CT molecular complexity index is 2020. The van der Waals surface area contributed by atoms with Crippen molar-refractivity contribution in [2.24, 2.45) is 0 Å². The number of hydrogen-bond acceptors (Lipinski definition) is 6.